The number of carbonyl (C=O) groups is 2. The highest BCUT2D eigenvalue weighted by Gasteiger charge is 2.32. The predicted molar refractivity (Wildman–Crippen MR) is 104 cm³/mol. The second-order valence-corrected chi connectivity index (χ2v) is 8.12. The topological polar surface area (TPSA) is 104 Å². The quantitative estimate of drug-likeness (QED) is 0.750. The van der Waals surface area contributed by atoms with E-state index < -0.39 is 5.97 Å². The average Bonchev–Trinajstić information content (AvgIpc) is 2.88. The van der Waals surface area contributed by atoms with Crippen molar-refractivity contribution in [2.75, 3.05) is 11.1 Å². The van der Waals surface area contributed by atoms with Crippen molar-refractivity contribution in [1.29, 1.82) is 0 Å². The van der Waals surface area contributed by atoms with Gasteiger partial charge in [0, 0.05) is 0 Å². The molecule has 0 unspecified atom stereocenters. The van der Waals surface area contributed by atoms with Crippen LogP contribution in [0.3, 0.4) is 0 Å². The molecule has 142 valence electrons. The molecule has 2 aliphatic rings. The lowest BCUT2D eigenvalue weighted by molar-refractivity contribution is -0.113. The van der Waals surface area contributed by atoms with Gasteiger partial charge in [-0.2, -0.15) is 0 Å². The van der Waals surface area contributed by atoms with Crippen LogP contribution in [0, 0.1) is 0 Å². The minimum Gasteiger partial charge on any atom is -0.478 e. The van der Waals surface area contributed by atoms with E-state index in [9.17, 15) is 14.4 Å². The number of nitrogens with one attached hydrogen (secondary N) is 2. The average molecular weight is 387 g/mol. The van der Waals surface area contributed by atoms with E-state index in [1.807, 2.05) is 4.68 Å². The summed E-state index contributed by atoms with van der Waals surface area (Å²) in [6, 6.07) is 6.69. The molecule has 8 heteroatoms. The van der Waals surface area contributed by atoms with Gasteiger partial charge in [-0.05, 0) is 30.5 Å². The number of anilines is 1. The molecule has 1 aromatic heterocycles. The van der Waals surface area contributed by atoms with Crippen LogP contribution >= 0.6 is 11.8 Å². The summed E-state index contributed by atoms with van der Waals surface area (Å²) in [7, 11) is 0. The van der Waals surface area contributed by atoms with E-state index in [2.05, 4.69) is 10.4 Å². The van der Waals surface area contributed by atoms with Gasteiger partial charge in [-0.3, -0.25) is 19.4 Å². The molecule has 0 saturated heterocycles. The first-order chi connectivity index (χ1) is 13.0. The number of carbonyl (C=O) groups excluding carboxylic acids is 1. The van der Waals surface area contributed by atoms with Crippen LogP contribution in [0.4, 0.5) is 5.82 Å². The van der Waals surface area contributed by atoms with Gasteiger partial charge in [-0.1, -0.05) is 31.4 Å². The Kier molecular flexibility index (Phi) is 4.82. The van der Waals surface area contributed by atoms with Gasteiger partial charge >= 0.3 is 5.97 Å². The Bertz CT molecular complexity index is 925. The number of fused-ring (bicyclic) bond motifs is 1. The highest BCUT2D eigenvalue weighted by molar-refractivity contribution is 8.00. The van der Waals surface area contributed by atoms with E-state index in [1.165, 1.54) is 30.3 Å². The van der Waals surface area contributed by atoms with Gasteiger partial charge in [0.1, 0.15) is 5.82 Å². The van der Waals surface area contributed by atoms with E-state index >= 15 is 0 Å². The monoisotopic (exact) mass is 387 g/mol. The summed E-state index contributed by atoms with van der Waals surface area (Å²) in [5.74, 6) is -0.318. The lowest BCUT2D eigenvalue weighted by Crippen LogP contribution is -2.21. The van der Waals surface area contributed by atoms with Crippen LogP contribution in [0.1, 0.15) is 64.9 Å². The van der Waals surface area contributed by atoms with Crippen LogP contribution < -0.4 is 10.9 Å². The largest absolute Gasteiger partial charge is 0.478 e. The number of rotatable bonds is 3. The Morgan fingerprint density at radius 2 is 1.81 bits per heavy atom. The van der Waals surface area contributed by atoms with Gasteiger partial charge in [0.25, 0.3) is 5.56 Å². The maximum absolute atomic E-state index is 12.8. The fourth-order valence-electron chi connectivity index (χ4n) is 3.92. The SMILES string of the molecule is O=C1CS[C@@H](c2ccc(C(=O)O)cc2)c2c(n(C3CCCCC3)[nH]c2=O)N1. The van der Waals surface area contributed by atoms with Gasteiger partial charge < -0.3 is 10.4 Å². The van der Waals surface area contributed by atoms with Crippen LogP contribution in [-0.2, 0) is 4.79 Å². The molecule has 1 amide bonds. The zero-order valence-electron chi connectivity index (χ0n) is 14.7. The Morgan fingerprint density at radius 3 is 2.48 bits per heavy atom. The summed E-state index contributed by atoms with van der Waals surface area (Å²) < 4.78 is 1.85. The summed E-state index contributed by atoms with van der Waals surface area (Å²) >= 11 is 1.38. The van der Waals surface area contributed by atoms with Crippen molar-refractivity contribution in [3.8, 4) is 0 Å². The van der Waals surface area contributed by atoms with Crippen molar-refractivity contribution >= 4 is 29.5 Å². The standard InChI is InChI=1S/C19H21N3O4S/c23-14-10-27-16(11-6-8-12(9-7-11)19(25)26)15-17(20-14)22(21-18(15)24)13-4-2-1-3-5-13/h6-9,13,16H,1-5,10H2,(H,20,23)(H,21,24)(H,25,26)/t16-/m0/s1. The van der Waals surface area contributed by atoms with Gasteiger partial charge in [-0.15, -0.1) is 11.8 Å². The zero-order chi connectivity index (χ0) is 19.0. The molecule has 2 aromatic rings. The number of hydrogen-bond donors (Lipinski definition) is 3. The van der Waals surface area contributed by atoms with Crippen molar-refractivity contribution in [2.45, 2.75) is 43.4 Å². The molecule has 1 aliphatic carbocycles. The second kappa shape index (κ2) is 7.26. The van der Waals surface area contributed by atoms with E-state index in [0.29, 0.717) is 11.4 Å². The number of carboxylic acids is 1. The summed E-state index contributed by atoms with van der Waals surface area (Å²) in [5, 5.41) is 14.6. The fraction of sp³-hybridized carbons (Fsp3) is 0.421. The molecule has 0 spiro atoms. The molecule has 1 fully saturated rings. The summed E-state index contributed by atoms with van der Waals surface area (Å²) in [4.78, 5) is 36.2. The summed E-state index contributed by atoms with van der Waals surface area (Å²) in [5.41, 5.74) is 1.35. The predicted octanol–water partition coefficient (Wildman–Crippen LogP) is 3.15. The molecular formula is C19H21N3O4S. The first kappa shape index (κ1) is 17.9. The van der Waals surface area contributed by atoms with Gasteiger partial charge in [0.15, 0.2) is 0 Å². The van der Waals surface area contributed by atoms with Crippen LogP contribution in [0.25, 0.3) is 0 Å². The molecule has 2 heterocycles. The summed E-state index contributed by atoms with van der Waals surface area (Å²) in [6.45, 7) is 0. The van der Waals surface area contributed by atoms with Gasteiger partial charge in [-0.25, -0.2) is 4.79 Å². The maximum atomic E-state index is 12.8. The minimum absolute atomic E-state index is 0.130. The Labute approximate surface area is 160 Å². The smallest absolute Gasteiger partial charge is 0.335 e. The number of carboxylic acid groups (broad SMARTS) is 1. The number of aromatic nitrogens is 2. The molecule has 0 radical (unpaired) electrons. The molecule has 4 rings (SSSR count). The van der Waals surface area contributed by atoms with Crippen molar-refractivity contribution < 1.29 is 14.7 Å². The third-order valence-corrected chi connectivity index (χ3v) is 6.53. The van der Waals surface area contributed by atoms with Crippen molar-refractivity contribution in [2.24, 2.45) is 0 Å². The number of amides is 1. The number of thioether (sulfide) groups is 1. The molecule has 1 aliphatic heterocycles. The number of benzene rings is 1. The third kappa shape index (κ3) is 3.41. The number of nitrogens with zero attached hydrogens (tertiary/aromatic N) is 1. The van der Waals surface area contributed by atoms with E-state index in [-0.39, 0.29) is 34.1 Å². The van der Waals surface area contributed by atoms with Gasteiger partial charge in [0.2, 0.25) is 5.91 Å². The molecule has 0 bridgehead atoms. The Morgan fingerprint density at radius 1 is 1.11 bits per heavy atom. The van der Waals surface area contributed by atoms with E-state index in [0.717, 1.165) is 31.2 Å². The summed E-state index contributed by atoms with van der Waals surface area (Å²) in [6.07, 6.45) is 5.39. The number of hydrogen-bond acceptors (Lipinski definition) is 4. The highest BCUT2D eigenvalue weighted by atomic mass is 32.2. The molecule has 1 saturated carbocycles. The number of H-pyrrole nitrogens is 1. The fourth-order valence-corrected chi connectivity index (χ4v) is 5.05. The van der Waals surface area contributed by atoms with Crippen LogP contribution in [0.15, 0.2) is 29.1 Å². The molecule has 1 atom stereocenters. The van der Waals surface area contributed by atoms with Crippen molar-refractivity contribution in [3.63, 3.8) is 0 Å². The number of aromatic carboxylic acids is 1. The minimum atomic E-state index is -0.992. The molecule has 3 N–H and O–H groups in total. The Hall–Kier alpha value is -2.48. The van der Waals surface area contributed by atoms with E-state index in [1.54, 1.807) is 12.1 Å². The van der Waals surface area contributed by atoms with Gasteiger partial charge in [0.05, 0.1) is 28.2 Å². The molecule has 7 nitrogen and oxygen atoms in total. The molecule has 1 aromatic carbocycles. The van der Waals surface area contributed by atoms with Crippen LogP contribution in [0.2, 0.25) is 0 Å². The Balaban J connectivity index is 1.77. The molecule has 27 heavy (non-hydrogen) atoms. The van der Waals surface area contributed by atoms with E-state index in [4.69, 9.17) is 5.11 Å². The number of aromatic amines is 1. The lowest BCUT2D eigenvalue weighted by atomic mass is 9.95. The zero-order valence-corrected chi connectivity index (χ0v) is 15.6. The van der Waals surface area contributed by atoms with Crippen LogP contribution in [0.5, 0.6) is 0 Å². The molecular weight excluding hydrogens is 366 g/mol. The first-order valence-corrected chi connectivity index (χ1v) is 10.2. The normalized spacial score (nSPS) is 20.6. The van der Waals surface area contributed by atoms with Crippen molar-refractivity contribution in [3.05, 3.63) is 51.3 Å². The second-order valence-electron chi connectivity index (χ2n) is 7.03. The van der Waals surface area contributed by atoms with Crippen molar-refractivity contribution in [1.82, 2.24) is 9.78 Å². The highest BCUT2D eigenvalue weighted by Crippen LogP contribution is 2.41. The maximum Gasteiger partial charge on any atom is 0.335 e. The third-order valence-electron chi connectivity index (χ3n) is 5.26. The first-order valence-electron chi connectivity index (χ1n) is 9.13. The lowest BCUT2D eigenvalue weighted by Gasteiger charge is -2.24. The van der Waals surface area contributed by atoms with Crippen LogP contribution in [-0.4, -0.2) is 32.5 Å².